The third-order valence-corrected chi connectivity index (χ3v) is 11.3. The van der Waals surface area contributed by atoms with Crippen LogP contribution in [0.3, 0.4) is 0 Å². The van der Waals surface area contributed by atoms with E-state index in [1.165, 1.54) is 16.4 Å². The number of benzene rings is 2. The van der Waals surface area contributed by atoms with Gasteiger partial charge in [-0.15, -0.1) is 0 Å². The Bertz CT molecular complexity index is 2480. The van der Waals surface area contributed by atoms with Crippen LogP contribution in [0.2, 0.25) is 5.02 Å². The number of nitrogens with zero attached hydrogens (tertiary/aromatic N) is 5. The summed E-state index contributed by atoms with van der Waals surface area (Å²) in [6.07, 6.45) is 6.68. The van der Waals surface area contributed by atoms with Gasteiger partial charge >= 0.3 is 6.09 Å². The number of pyridine rings is 1. The molecule has 2 fully saturated rings. The van der Waals surface area contributed by atoms with Crippen LogP contribution in [0.1, 0.15) is 63.3 Å². The van der Waals surface area contributed by atoms with Crippen molar-refractivity contribution < 1.29 is 23.9 Å². The van der Waals surface area contributed by atoms with Crippen molar-refractivity contribution >= 4 is 35.0 Å². The number of carbonyl (C=O) groups excluding carboxylic acids is 3. The molecule has 14 nitrogen and oxygen atoms in total. The summed E-state index contributed by atoms with van der Waals surface area (Å²) >= 11 is 7.19. The lowest BCUT2D eigenvalue weighted by Gasteiger charge is -2.29. The summed E-state index contributed by atoms with van der Waals surface area (Å²) in [4.78, 5) is 66.0. The fraction of sp³-hybridized carbons (Fsp3) is 0.386. The summed E-state index contributed by atoms with van der Waals surface area (Å²) in [5, 5.41) is 6.67. The van der Waals surface area contributed by atoms with E-state index < -0.39 is 17.7 Å². The van der Waals surface area contributed by atoms with Gasteiger partial charge in [0, 0.05) is 67.6 Å². The molecular weight excluding hydrogens is 772 g/mol. The molecule has 2 amide bonds. The quantitative estimate of drug-likeness (QED) is 0.137. The molecule has 7 rings (SSSR count). The van der Waals surface area contributed by atoms with Gasteiger partial charge in [-0.05, 0) is 80.8 Å². The Labute approximate surface area is 347 Å². The molecule has 4 heterocycles. The summed E-state index contributed by atoms with van der Waals surface area (Å²) in [5.41, 5.74) is 12.2. The third kappa shape index (κ3) is 9.14. The molecule has 1 aliphatic carbocycles. The number of hydrogen-bond donors (Lipinski definition) is 3. The number of rotatable bonds is 12. The second-order valence-electron chi connectivity index (χ2n) is 16.2. The fourth-order valence-electron chi connectivity index (χ4n) is 7.73. The SMILES string of the molecule is COc1nc(-c2cccc(-c3cccc(-c4ccn5c(=O)c(CNC[C@@H]6CCC(=O)C6N)cnc5c4)c3C)c2Cl)cnc1CN(C[C@@H]1CCC(=O)N1)C(=O)OC(C)(C)C. The van der Waals surface area contributed by atoms with E-state index in [2.05, 4.69) is 20.6 Å². The number of hydrogen-bond acceptors (Lipinski definition) is 11. The van der Waals surface area contributed by atoms with Crippen molar-refractivity contribution in [2.24, 2.45) is 11.7 Å². The van der Waals surface area contributed by atoms with Crippen molar-refractivity contribution in [1.82, 2.24) is 34.9 Å². The second kappa shape index (κ2) is 17.3. The second-order valence-corrected chi connectivity index (χ2v) is 16.6. The lowest BCUT2D eigenvalue weighted by Crippen LogP contribution is -2.44. The highest BCUT2D eigenvalue weighted by molar-refractivity contribution is 6.36. The number of Topliss-reactive ketones (excluding diaryl/α,β-unsaturated/α-hetero) is 1. The predicted molar refractivity (Wildman–Crippen MR) is 225 cm³/mol. The van der Waals surface area contributed by atoms with E-state index in [0.29, 0.717) is 65.5 Å². The van der Waals surface area contributed by atoms with Gasteiger partial charge in [-0.25, -0.2) is 14.8 Å². The first kappa shape index (κ1) is 41.5. The number of nitrogens with one attached hydrogen (secondary N) is 2. The third-order valence-electron chi connectivity index (χ3n) is 10.9. The van der Waals surface area contributed by atoms with E-state index in [1.807, 2.05) is 55.5 Å². The molecule has 0 radical (unpaired) electrons. The smallest absolute Gasteiger partial charge is 0.410 e. The Kier molecular flexibility index (Phi) is 12.1. The first-order chi connectivity index (χ1) is 28.2. The highest BCUT2D eigenvalue weighted by Crippen LogP contribution is 2.40. The van der Waals surface area contributed by atoms with E-state index >= 15 is 0 Å². The van der Waals surface area contributed by atoms with Gasteiger partial charge in [-0.3, -0.25) is 23.8 Å². The summed E-state index contributed by atoms with van der Waals surface area (Å²) in [6, 6.07) is 14.9. The molecule has 2 aromatic carbocycles. The number of nitrogens with two attached hydrogens (primary N) is 1. The summed E-state index contributed by atoms with van der Waals surface area (Å²) in [5.74, 6) is 0.334. The normalized spacial score (nSPS) is 18.0. The van der Waals surface area contributed by atoms with Gasteiger partial charge in [0.15, 0.2) is 0 Å². The van der Waals surface area contributed by atoms with Crippen molar-refractivity contribution in [3.05, 3.63) is 99.3 Å². The molecule has 2 aliphatic rings. The average molecular weight is 821 g/mol. The van der Waals surface area contributed by atoms with Gasteiger partial charge in [0.1, 0.15) is 22.7 Å². The van der Waals surface area contributed by atoms with Gasteiger partial charge < -0.3 is 30.7 Å². The molecule has 3 aromatic heterocycles. The molecule has 308 valence electrons. The average Bonchev–Trinajstić information content (AvgIpc) is 3.77. The molecule has 5 aromatic rings. The van der Waals surface area contributed by atoms with Gasteiger partial charge in [0.2, 0.25) is 11.8 Å². The maximum absolute atomic E-state index is 13.4. The van der Waals surface area contributed by atoms with Crippen molar-refractivity contribution in [3.63, 3.8) is 0 Å². The Morgan fingerprint density at radius 2 is 1.76 bits per heavy atom. The van der Waals surface area contributed by atoms with Crippen LogP contribution in [0.5, 0.6) is 5.88 Å². The zero-order valence-corrected chi connectivity index (χ0v) is 34.6. The number of fused-ring (bicyclic) bond motifs is 1. The van der Waals surface area contributed by atoms with Gasteiger partial charge in [-0.1, -0.05) is 48.0 Å². The Balaban J connectivity index is 1.12. The highest BCUT2D eigenvalue weighted by Gasteiger charge is 2.32. The van der Waals surface area contributed by atoms with Crippen LogP contribution >= 0.6 is 11.6 Å². The van der Waals surface area contributed by atoms with Crippen LogP contribution in [-0.2, 0) is 27.4 Å². The lowest BCUT2D eigenvalue weighted by atomic mass is 9.92. The van der Waals surface area contributed by atoms with Crippen molar-refractivity contribution in [1.29, 1.82) is 0 Å². The summed E-state index contributed by atoms with van der Waals surface area (Å²) < 4.78 is 12.9. The Morgan fingerprint density at radius 1 is 1.02 bits per heavy atom. The van der Waals surface area contributed by atoms with Gasteiger partial charge in [0.05, 0.1) is 36.6 Å². The van der Waals surface area contributed by atoms with Crippen LogP contribution < -0.4 is 26.7 Å². The molecular formula is C44H49ClN8O6. The predicted octanol–water partition coefficient (Wildman–Crippen LogP) is 5.87. The number of carbonyl (C=O) groups is 3. The lowest BCUT2D eigenvalue weighted by molar-refractivity contribution is -0.120. The summed E-state index contributed by atoms with van der Waals surface area (Å²) in [6.45, 7) is 8.60. The summed E-state index contributed by atoms with van der Waals surface area (Å²) in [7, 11) is 1.49. The molecule has 1 saturated heterocycles. The minimum Gasteiger partial charge on any atom is -0.480 e. The minimum absolute atomic E-state index is 0.0489. The zero-order valence-electron chi connectivity index (χ0n) is 33.9. The molecule has 0 spiro atoms. The number of methoxy groups -OCH3 is 1. The molecule has 15 heteroatoms. The number of aromatic nitrogens is 4. The largest absolute Gasteiger partial charge is 0.480 e. The minimum atomic E-state index is -0.723. The number of ether oxygens (including phenoxy) is 2. The first-order valence-corrected chi connectivity index (χ1v) is 20.1. The molecule has 1 aliphatic heterocycles. The maximum Gasteiger partial charge on any atom is 0.410 e. The molecule has 4 N–H and O–H groups in total. The van der Waals surface area contributed by atoms with E-state index in [9.17, 15) is 19.2 Å². The van der Waals surface area contributed by atoms with Crippen molar-refractivity contribution in [2.45, 2.75) is 84.2 Å². The van der Waals surface area contributed by atoms with E-state index in [4.69, 9.17) is 31.8 Å². The first-order valence-electron chi connectivity index (χ1n) is 19.8. The molecule has 1 unspecified atom stereocenters. The van der Waals surface area contributed by atoms with Crippen molar-refractivity contribution in [3.8, 4) is 39.4 Å². The monoisotopic (exact) mass is 820 g/mol. The standard InChI is InChI=1S/C44H49ClN8O6/c1-25-30(26-16-17-53-37(18-26)49-21-28(42(53)56)20-47-19-27-12-14-36(54)40(27)46)8-6-9-31(25)32-10-7-11-33(39(32)45)34-22-48-35(41(51-34)58-5)24-52(43(57)59-44(2,3)4)23-29-13-15-38(55)50-29/h6-11,16-18,21-22,27,29,40,47H,12-15,19-20,23-24,46H2,1-5H3,(H,50,55)/t27-,29-,40?/m0/s1. The fourth-order valence-corrected chi connectivity index (χ4v) is 8.05. The van der Waals surface area contributed by atoms with Crippen LogP contribution in [0.25, 0.3) is 39.2 Å². The van der Waals surface area contributed by atoms with E-state index in [1.54, 1.807) is 39.4 Å². The topological polar surface area (TPSA) is 183 Å². The zero-order chi connectivity index (χ0) is 42.0. The van der Waals surface area contributed by atoms with Crippen LogP contribution in [-0.4, -0.2) is 79.9 Å². The molecule has 0 bridgehead atoms. The van der Waals surface area contributed by atoms with Crippen LogP contribution in [0, 0.1) is 12.8 Å². The van der Waals surface area contributed by atoms with Crippen LogP contribution in [0.4, 0.5) is 4.79 Å². The van der Waals surface area contributed by atoms with Gasteiger partial charge in [-0.2, -0.15) is 0 Å². The number of amides is 2. The van der Waals surface area contributed by atoms with E-state index in [-0.39, 0.29) is 48.2 Å². The van der Waals surface area contributed by atoms with Crippen LogP contribution in [0.15, 0.2) is 71.9 Å². The maximum atomic E-state index is 13.4. The number of halogens is 1. The van der Waals surface area contributed by atoms with E-state index in [0.717, 1.165) is 34.2 Å². The Morgan fingerprint density at radius 3 is 2.46 bits per heavy atom. The Hall–Kier alpha value is -5.70. The molecule has 59 heavy (non-hydrogen) atoms. The molecule has 3 atom stereocenters. The highest BCUT2D eigenvalue weighted by atomic mass is 35.5. The van der Waals surface area contributed by atoms with Gasteiger partial charge in [0.25, 0.3) is 5.56 Å². The number of ketones is 1. The van der Waals surface area contributed by atoms with Crippen molar-refractivity contribution in [2.75, 3.05) is 20.2 Å². The molecule has 1 saturated carbocycles.